The van der Waals surface area contributed by atoms with E-state index in [-0.39, 0.29) is 22.5 Å². The van der Waals surface area contributed by atoms with E-state index in [4.69, 9.17) is 16.0 Å². The second-order valence-electron chi connectivity index (χ2n) is 7.56. The van der Waals surface area contributed by atoms with Crippen molar-refractivity contribution in [1.29, 1.82) is 0 Å². The molecule has 0 unspecified atom stereocenters. The van der Waals surface area contributed by atoms with E-state index in [0.29, 0.717) is 28.7 Å². The molecule has 4 aromatic rings. The molecule has 0 saturated heterocycles. The number of aryl methyl sites for hydroxylation is 1. The first-order chi connectivity index (χ1) is 16.2. The van der Waals surface area contributed by atoms with Crippen molar-refractivity contribution in [2.75, 3.05) is 23.5 Å². The number of sulfone groups is 1. The number of nitrogens with zero attached hydrogens (tertiary/aromatic N) is 3. The number of anilines is 3. The van der Waals surface area contributed by atoms with Crippen molar-refractivity contribution < 1.29 is 17.9 Å². The molecule has 3 N–H and O–H groups in total. The quantitative estimate of drug-likeness (QED) is 0.323. The van der Waals surface area contributed by atoms with Crippen molar-refractivity contribution in [2.24, 2.45) is 0 Å². The summed E-state index contributed by atoms with van der Waals surface area (Å²) >= 11 is 6.15. The van der Waals surface area contributed by atoms with Crippen molar-refractivity contribution in [2.45, 2.75) is 17.9 Å². The number of aliphatic hydroxyl groups is 1. The van der Waals surface area contributed by atoms with Gasteiger partial charge in [0.05, 0.1) is 34.3 Å². The van der Waals surface area contributed by atoms with Gasteiger partial charge in [0.15, 0.2) is 9.84 Å². The Balaban J connectivity index is 1.69. The van der Waals surface area contributed by atoms with Gasteiger partial charge < -0.3 is 20.2 Å². The number of hydrogen-bond donors (Lipinski definition) is 3. The first kappa shape index (κ1) is 23.7. The van der Waals surface area contributed by atoms with E-state index < -0.39 is 15.9 Å². The van der Waals surface area contributed by atoms with Crippen LogP contribution in [0.2, 0.25) is 5.02 Å². The molecule has 2 aromatic heterocycles. The van der Waals surface area contributed by atoms with Crippen LogP contribution in [-0.4, -0.2) is 41.3 Å². The van der Waals surface area contributed by atoms with Crippen LogP contribution >= 0.6 is 11.6 Å². The van der Waals surface area contributed by atoms with E-state index in [1.807, 2.05) is 30.3 Å². The van der Waals surface area contributed by atoms with E-state index >= 15 is 0 Å². The Kier molecular flexibility index (Phi) is 6.82. The third kappa shape index (κ3) is 5.36. The van der Waals surface area contributed by atoms with Crippen LogP contribution in [0.3, 0.4) is 0 Å². The minimum absolute atomic E-state index is 0.0336. The fourth-order valence-electron chi connectivity index (χ4n) is 3.28. The predicted molar refractivity (Wildman–Crippen MR) is 130 cm³/mol. The van der Waals surface area contributed by atoms with Gasteiger partial charge in [-0.15, -0.1) is 0 Å². The first-order valence-corrected chi connectivity index (χ1v) is 12.5. The van der Waals surface area contributed by atoms with Gasteiger partial charge in [0.2, 0.25) is 11.8 Å². The SMILES string of the molecule is Cc1cnc(-c2cnc(Nc3ccc(S(C)(=O)=O)c(Cl)c3)nc2N[C@H](CO)c2ccccc2)o1. The van der Waals surface area contributed by atoms with Gasteiger partial charge in [-0.05, 0) is 30.7 Å². The van der Waals surface area contributed by atoms with Crippen LogP contribution in [0.1, 0.15) is 17.4 Å². The highest BCUT2D eigenvalue weighted by molar-refractivity contribution is 7.90. The molecular formula is C23H22ClN5O4S. The van der Waals surface area contributed by atoms with Gasteiger partial charge in [0, 0.05) is 18.1 Å². The molecular weight excluding hydrogens is 478 g/mol. The lowest BCUT2D eigenvalue weighted by atomic mass is 10.1. The number of rotatable bonds is 8. The highest BCUT2D eigenvalue weighted by Crippen LogP contribution is 2.31. The summed E-state index contributed by atoms with van der Waals surface area (Å²) in [6.07, 6.45) is 4.24. The Morgan fingerprint density at radius 3 is 2.50 bits per heavy atom. The molecule has 2 heterocycles. The molecule has 0 spiro atoms. The van der Waals surface area contributed by atoms with Gasteiger partial charge in [-0.2, -0.15) is 4.98 Å². The van der Waals surface area contributed by atoms with E-state index in [9.17, 15) is 13.5 Å². The normalized spacial score (nSPS) is 12.4. The zero-order valence-electron chi connectivity index (χ0n) is 18.4. The fourth-order valence-corrected chi connectivity index (χ4v) is 4.61. The number of benzene rings is 2. The number of halogens is 1. The van der Waals surface area contributed by atoms with Crippen LogP contribution < -0.4 is 10.6 Å². The van der Waals surface area contributed by atoms with E-state index in [1.165, 1.54) is 12.1 Å². The topological polar surface area (TPSA) is 130 Å². The summed E-state index contributed by atoms with van der Waals surface area (Å²) < 4.78 is 29.3. The number of aromatic nitrogens is 3. The summed E-state index contributed by atoms with van der Waals surface area (Å²) in [6.45, 7) is 1.61. The molecule has 9 nitrogen and oxygen atoms in total. The Labute approximate surface area is 201 Å². The Morgan fingerprint density at radius 1 is 1.12 bits per heavy atom. The van der Waals surface area contributed by atoms with E-state index in [1.54, 1.807) is 25.4 Å². The van der Waals surface area contributed by atoms with Gasteiger partial charge in [0.1, 0.15) is 11.6 Å². The number of hydrogen-bond acceptors (Lipinski definition) is 9. The zero-order chi connectivity index (χ0) is 24.3. The molecule has 0 aliphatic heterocycles. The van der Waals surface area contributed by atoms with Crippen molar-refractivity contribution in [1.82, 2.24) is 15.0 Å². The number of oxazole rings is 1. The van der Waals surface area contributed by atoms with Crippen molar-refractivity contribution in [3.63, 3.8) is 0 Å². The molecule has 0 fully saturated rings. The molecule has 2 aromatic carbocycles. The Hall–Kier alpha value is -3.47. The summed E-state index contributed by atoms with van der Waals surface area (Å²) in [7, 11) is -3.45. The zero-order valence-corrected chi connectivity index (χ0v) is 19.9. The molecule has 0 aliphatic carbocycles. The summed E-state index contributed by atoms with van der Waals surface area (Å²) in [5, 5.41) is 16.4. The third-order valence-corrected chi connectivity index (χ3v) is 6.50. The molecule has 0 saturated carbocycles. The lowest BCUT2D eigenvalue weighted by Crippen LogP contribution is -2.17. The van der Waals surface area contributed by atoms with E-state index in [2.05, 4.69) is 25.6 Å². The summed E-state index contributed by atoms with van der Waals surface area (Å²) in [5.41, 5.74) is 1.89. The molecule has 0 amide bonds. The van der Waals surface area contributed by atoms with Crippen molar-refractivity contribution >= 4 is 38.9 Å². The maximum atomic E-state index is 11.8. The molecule has 0 radical (unpaired) electrons. The van der Waals surface area contributed by atoms with Crippen molar-refractivity contribution in [3.8, 4) is 11.5 Å². The molecule has 11 heteroatoms. The predicted octanol–water partition coefficient (Wildman–Crippen LogP) is 4.39. The summed E-state index contributed by atoms with van der Waals surface area (Å²) in [5.74, 6) is 1.57. The van der Waals surface area contributed by atoms with E-state index in [0.717, 1.165) is 11.8 Å². The molecule has 176 valence electrons. The first-order valence-electron chi connectivity index (χ1n) is 10.2. The number of nitrogens with one attached hydrogen (secondary N) is 2. The van der Waals surface area contributed by atoms with Crippen molar-refractivity contribution in [3.05, 3.63) is 77.3 Å². The second-order valence-corrected chi connectivity index (χ2v) is 9.96. The minimum atomic E-state index is -3.45. The Bertz CT molecular complexity index is 1410. The Morgan fingerprint density at radius 2 is 1.88 bits per heavy atom. The molecule has 1 atom stereocenters. The molecule has 4 rings (SSSR count). The average molecular weight is 500 g/mol. The maximum Gasteiger partial charge on any atom is 0.231 e. The molecule has 0 bridgehead atoms. The van der Waals surface area contributed by atoms with Crippen LogP contribution in [0, 0.1) is 6.92 Å². The number of aliphatic hydroxyl groups excluding tert-OH is 1. The lowest BCUT2D eigenvalue weighted by Gasteiger charge is -2.19. The lowest BCUT2D eigenvalue weighted by molar-refractivity contribution is 0.276. The molecule has 34 heavy (non-hydrogen) atoms. The van der Waals surface area contributed by atoms with Gasteiger partial charge in [0.25, 0.3) is 0 Å². The van der Waals surface area contributed by atoms with Gasteiger partial charge in [-0.1, -0.05) is 41.9 Å². The smallest absolute Gasteiger partial charge is 0.231 e. The standard InChI is InChI=1S/C23H22ClN5O4S/c1-14-11-25-22(33-14)17-12-26-23(27-16-8-9-20(18(24)10-16)34(2,31)32)29-21(17)28-19(13-30)15-6-4-3-5-7-15/h3-12,19,30H,13H2,1-2H3,(H2,26,27,28,29)/t19-/m1/s1. The maximum absolute atomic E-state index is 11.8. The minimum Gasteiger partial charge on any atom is -0.441 e. The monoisotopic (exact) mass is 499 g/mol. The molecule has 0 aliphatic rings. The van der Waals surface area contributed by atoms with Gasteiger partial charge in [-0.3, -0.25) is 0 Å². The largest absolute Gasteiger partial charge is 0.441 e. The van der Waals surface area contributed by atoms with Crippen LogP contribution in [0.25, 0.3) is 11.5 Å². The van der Waals surface area contributed by atoms with Crippen LogP contribution in [0.4, 0.5) is 17.5 Å². The summed E-state index contributed by atoms with van der Waals surface area (Å²) in [4.78, 5) is 13.2. The highest BCUT2D eigenvalue weighted by atomic mass is 35.5. The summed E-state index contributed by atoms with van der Waals surface area (Å²) in [6, 6.07) is 13.5. The van der Waals surface area contributed by atoms with Gasteiger partial charge in [-0.25, -0.2) is 18.4 Å². The van der Waals surface area contributed by atoms with Crippen LogP contribution in [0.5, 0.6) is 0 Å². The van der Waals surface area contributed by atoms with Crippen LogP contribution in [-0.2, 0) is 9.84 Å². The third-order valence-electron chi connectivity index (χ3n) is 4.92. The van der Waals surface area contributed by atoms with Gasteiger partial charge >= 0.3 is 0 Å². The second kappa shape index (κ2) is 9.80. The average Bonchev–Trinajstić information content (AvgIpc) is 3.23. The highest BCUT2D eigenvalue weighted by Gasteiger charge is 2.19. The fraction of sp³-hybridized carbons (Fsp3) is 0.174. The van der Waals surface area contributed by atoms with Crippen LogP contribution in [0.15, 0.2) is 70.2 Å².